The van der Waals surface area contributed by atoms with Crippen molar-refractivity contribution < 1.29 is 86.3 Å². The van der Waals surface area contributed by atoms with E-state index in [1.165, 1.54) is 30.9 Å². The van der Waals surface area contributed by atoms with Crippen LogP contribution in [0.1, 0.15) is 98.5 Å². The van der Waals surface area contributed by atoms with Crippen molar-refractivity contribution in [3.8, 4) is 0 Å². The van der Waals surface area contributed by atoms with Crippen LogP contribution in [0.3, 0.4) is 0 Å². The van der Waals surface area contributed by atoms with Crippen molar-refractivity contribution in [1.82, 2.24) is 36.1 Å². The number of urea groups is 1. The number of carbonyl (C=O) groups is 11. The molecule has 1 aromatic heterocycles. The van der Waals surface area contributed by atoms with Crippen LogP contribution in [0.4, 0.5) is 27.5 Å². The monoisotopic (exact) mass is 1450 g/mol. The van der Waals surface area contributed by atoms with Gasteiger partial charge >= 0.3 is 6.03 Å². The van der Waals surface area contributed by atoms with Gasteiger partial charge in [0.25, 0.3) is 11.8 Å². The zero-order valence-electron chi connectivity index (χ0n) is 59.3. The number of hydrogen-bond donors (Lipinski definition) is 10. The first kappa shape index (κ1) is 80.3. The van der Waals surface area contributed by atoms with E-state index < -0.39 is 77.3 Å². The maximum Gasteiger partial charge on any atom is 0.315 e. The van der Waals surface area contributed by atoms with Gasteiger partial charge in [-0.1, -0.05) is 43.3 Å². The molecule has 564 valence electrons. The molecule has 0 unspecified atom stereocenters. The third-order valence-electron chi connectivity index (χ3n) is 17.4. The topological polar surface area (TPSA) is 449 Å². The molecule has 12 amide bonds. The molecule has 0 spiro atoms. The standard InChI is InChI=1S/C73H94N14O18/c1-4-22-85(24-25-88)70(97)51-40-50-9-10-53(43-57(50)82-61(74)42-51)73(19-20-73)71(98)84-59-41-52-45-86(72(76)99)23-17-56(52)81-58(59)38-48-5-11-54(12-6-48)80-69(96)60(44-62(75)89)83-68(95)47(3)79-67(94)46(2)78-63(90)18-26-100-28-30-102-32-34-104-36-37-105-35-33-103-31-29-101-27-21-77-64(91)39-49-7-13-55(14-8-49)87-65(92)15-16-66(87)93/h5-16,40-41,43,46-47,60,88H,4,17-39,42,44-45H2,1-3H3,(H2,74,82)(H2,75,89)(H2,76,99)(H,77,91)(H,78,90)(H,79,94)(H,80,96)(H,83,95)(H,84,98)/t46-,47-,60-/m0/s1. The maximum absolute atomic E-state index is 14.6. The molecule has 0 radical (unpaired) electrons. The number of rotatable bonds is 43. The van der Waals surface area contributed by atoms with Crippen LogP contribution in [0.5, 0.6) is 0 Å². The normalized spacial score (nSPS) is 15.0. The fourth-order valence-electron chi connectivity index (χ4n) is 11.6. The first-order chi connectivity index (χ1) is 50.5. The molecule has 4 heterocycles. The maximum atomic E-state index is 14.6. The Morgan fingerprint density at radius 2 is 1.29 bits per heavy atom. The lowest BCUT2D eigenvalue weighted by atomic mass is 9.92. The number of aliphatic hydroxyl groups is 1. The lowest BCUT2D eigenvalue weighted by molar-refractivity contribution is -0.133. The number of aliphatic hydroxyl groups excluding tert-OH is 1. The summed E-state index contributed by atoms with van der Waals surface area (Å²) >= 11 is 0. The van der Waals surface area contributed by atoms with Crippen molar-refractivity contribution in [1.29, 1.82) is 0 Å². The first-order valence-electron chi connectivity index (χ1n) is 35.0. The summed E-state index contributed by atoms with van der Waals surface area (Å²) < 4.78 is 33.0. The quantitative estimate of drug-likeness (QED) is 0.0221. The van der Waals surface area contributed by atoms with E-state index in [4.69, 9.17) is 50.6 Å². The second-order valence-corrected chi connectivity index (χ2v) is 25.5. The summed E-state index contributed by atoms with van der Waals surface area (Å²) in [5.74, 6) is -4.97. The predicted octanol–water partition coefficient (Wildman–Crippen LogP) is 1.37. The van der Waals surface area contributed by atoms with Crippen LogP contribution in [-0.2, 0) is 108 Å². The van der Waals surface area contributed by atoms with Gasteiger partial charge in [-0.2, -0.15) is 0 Å². The number of amidine groups is 1. The van der Waals surface area contributed by atoms with E-state index in [0.717, 1.165) is 27.3 Å². The zero-order valence-corrected chi connectivity index (χ0v) is 59.3. The Morgan fingerprint density at radius 1 is 0.686 bits per heavy atom. The minimum atomic E-state index is -1.45. The number of ether oxygens (including phenoxy) is 6. The van der Waals surface area contributed by atoms with E-state index >= 15 is 0 Å². The molecular weight excluding hydrogens is 1360 g/mol. The summed E-state index contributed by atoms with van der Waals surface area (Å²) in [7, 11) is 0. The summed E-state index contributed by atoms with van der Waals surface area (Å²) in [5.41, 5.74) is 23.6. The number of carbonyl (C=O) groups excluding carboxylic acids is 11. The number of aliphatic imine (C=N–C) groups is 1. The Morgan fingerprint density at radius 3 is 1.89 bits per heavy atom. The number of aromatic nitrogens is 1. The summed E-state index contributed by atoms with van der Waals surface area (Å²) in [4.78, 5) is 155. The number of primary amides is 2. The van der Waals surface area contributed by atoms with Gasteiger partial charge in [-0.3, -0.25) is 52.9 Å². The van der Waals surface area contributed by atoms with Gasteiger partial charge in [-0.25, -0.2) is 14.7 Å². The first-order valence-corrected chi connectivity index (χ1v) is 35.0. The minimum Gasteiger partial charge on any atom is -0.395 e. The smallest absolute Gasteiger partial charge is 0.315 e. The molecule has 13 N–H and O–H groups in total. The van der Waals surface area contributed by atoms with Crippen molar-refractivity contribution in [2.24, 2.45) is 22.2 Å². The predicted molar refractivity (Wildman–Crippen MR) is 385 cm³/mol. The highest BCUT2D eigenvalue weighted by molar-refractivity contribution is 6.28. The molecule has 1 saturated carbocycles. The number of hydrogen-bond acceptors (Lipinski definition) is 21. The molecule has 32 heteroatoms. The number of imide groups is 1. The van der Waals surface area contributed by atoms with Gasteiger partial charge in [-0.05, 0) is 97.8 Å². The molecule has 4 aromatic rings. The Kier molecular flexibility index (Phi) is 30.7. The van der Waals surface area contributed by atoms with E-state index in [1.807, 2.05) is 31.2 Å². The van der Waals surface area contributed by atoms with E-state index in [9.17, 15) is 57.8 Å². The van der Waals surface area contributed by atoms with Crippen molar-refractivity contribution in [2.75, 3.05) is 128 Å². The van der Waals surface area contributed by atoms with E-state index in [0.29, 0.717) is 150 Å². The van der Waals surface area contributed by atoms with Crippen LogP contribution < -0.4 is 54.0 Å². The van der Waals surface area contributed by atoms with E-state index in [1.54, 1.807) is 59.5 Å². The SMILES string of the molecule is CCCN(CCO)C(=O)C1=Cc2ccc(C3(C(=O)Nc4cc5c(nc4Cc4ccc(NC(=O)[C@H](CC(N)=O)NC(=O)[C@H](C)NC(=O)[C@H](C)NC(=O)CCOCCOCCOCCOCCOCCOCCNC(=O)Cc6ccc(N7C(=O)C=CC7=O)cc6)cc4)CCN(C(N)=O)C5)CC3)cc2N=C(N)C1. The number of amides is 12. The van der Waals surface area contributed by atoms with Gasteiger partial charge in [-0.15, -0.1) is 0 Å². The van der Waals surface area contributed by atoms with Gasteiger partial charge in [0.15, 0.2) is 0 Å². The van der Waals surface area contributed by atoms with Crippen LogP contribution in [0, 0.1) is 0 Å². The fourth-order valence-corrected chi connectivity index (χ4v) is 11.6. The molecule has 105 heavy (non-hydrogen) atoms. The highest BCUT2D eigenvalue weighted by Crippen LogP contribution is 2.50. The number of pyridine rings is 1. The number of nitrogens with zero attached hydrogens (tertiary/aromatic N) is 5. The molecule has 0 bridgehead atoms. The van der Waals surface area contributed by atoms with Crippen LogP contribution in [0.2, 0.25) is 0 Å². The summed E-state index contributed by atoms with van der Waals surface area (Å²) in [6.07, 6.45) is 6.19. The van der Waals surface area contributed by atoms with Crippen LogP contribution in [0.25, 0.3) is 6.08 Å². The molecule has 1 aliphatic carbocycles. The van der Waals surface area contributed by atoms with Gasteiger partial charge in [0, 0.05) is 93.1 Å². The Labute approximate surface area is 607 Å². The van der Waals surface area contributed by atoms with Crippen LogP contribution in [0.15, 0.2) is 95.5 Å². The molecule has 1 fully saturated rings. The second kappa shape index (κ2) is 40.1. The van der Waals surface area contributed by atoms with Crippen molar-refractivity contribution in [3.63, 3.8) is 0 Å². The molecule has 3 aromatic carbocycles. The average molecular weight is 1460 g/mol. The molecule has 3 aliphatic heterocycles. The number of fused-ring (bicyclic) bond motifs is 2. The van der Waals surface area contributed by atoms with Gasteiger partial charge in [0.05, 0.1) is 127 Å². The van der Waals surface area contributed by atoms with Crippen LogP contribution >= 0.6 is 0 Å². The number of benzene rings is 3. The molecular formula is C73H94N14O18. The molecule has 8 rings (SSSR count). The van der Waals surface area contributed by atoms with Gasteiger partial charge < -0.3 is 92.4 Å². The van der Waals surface area contributed by atoms with Crippen LogP contribution in [-0.4, -0.2) is 221 Å². The largest absolute Gasteiger partial charge is 0.395 e. The molecule has 0 saturated heterocycles. The molecule has 32 nitrogen and oxygen atoms in total. The highest BCUT2D eigenvalue weighted by atomic mass is 16.6. The highest BCUT2D eigenvalue weighted by Gasteiger charge is 2.52. The number of anilines is 3. The van der Waals surface area contributed by atoms with Gasteiger partial charge in [0.1, 0.15) is 24.0 Å². The zero-order chi connectivity index (χ0) is 75.4. The Balaban J connectivity index is 0.687. The molecule has 4 aliphatic rings. The third-order valence-corrected chi connectivity index (χ3v) is 17.4. The Bertz CT molecular complexity index is 3840. The lowest BCUT2D eigenvalue weighted by Crippen LogP contribution is -2.55. The van der Waals surface area contributed by atoms with Crippen molar-refractivity contribution in [2.45, 2.75) is 109 Å². The summed E-state index contributed by atoms with van der Waals surface area (Å²) in [6, 6.07) is 16.3. The van der Waals surface area contributed by atoms with Gasteiger partial charge in [0.2, 0.25) is 47.3 Å². The number of nitrogens with two attached hydrogens (primary N) is 3. The Hall–Kier alpha value is -10.4. The molecule has 3 atom stereocenters. The van der Waals surface area contributed by atoms with Crippen molar-refractivity contribution in [3.05, 3.63) is 130 Å². The van der Waals surface area contributed by atoms with E-state index in [2.05, 4.69) is 36.9 Å². The lowest BCUT2D eigenvalue weighted by Gasteiger charge is -2.28. The average Bonchev–Trinajstić information content (AvgIpc) is 1.64. The third kappa shape index (κ3) is 24.4. The second-order valence-electron chi connectivity index (χ2n) is 25.5. The fraction of sp³-hybridized carbons (Fsp3) is 0.466. The van der Waals surface area contributed by atoms with Crippen molar-refractivity contribution >= 4 is 99.8 Å². The minimum absolute atomic E-state index is 0.0399. The summed E-state index contributed by atoms with van der Waals surface area (Å²) in [5, 5.41) is 25.8. The summed E-state index contributed by atoms with van der Waals surface area (Å²) in [6.45, 7) is 9.60. The number of nitrogens with one attached hydrogen (secondary N) is 6. The van der Waals surface area contributed by atoms with E-state index in [-0.39, 0.29) is 88.8 Å².